The van der Waals surface area contributed by atoms with Gasteiger partial charge in [-0.05, 0) is 86.6 Å². The minimum absolute atomic E-state index is 0.852. The molecule has 230 valence electrons. The van der Waals surface area contributed by atoms with Crippen molar-refractivity contribution in [2.24, 2.45) is 0 Å². The fourth-order valence-corrected chi connectivity index (χ4v) is 7.45. The molecule has 0 saturated heterocycles. The summed E-state index contributed by atoms with van der Waals surface area (Å²) in [6, 6.07) is 59.7. The van der Waals surface area contributed by atoms with Gasteiger partial charge >= 0.3 is 0 Å². The number of para-hydroxylation sites is 1. The van der Waals surface area contributed by atoms with Crippen molar-refractivity contribution < 1.29 is 8.83 Å². The van der Waals surface area contributed by atoms with Crippen molar-refractivity contribution in [3.8, 4) is 33.4 Å². The van der Waals surface area contributed by atoms with Crippen molar-refractivity contribution in [3.05, 3.63) is 170 Å². The van der Waals surface area contributed by atoms with Crippen molar-refractivity contribution in [1.82, 2.24) is 0 Å². The molecule has 0 aliphatic heterocycles. The highest BCUT2D eigenvalue weighted by atomic mass is 16.3. The van der Waals surface area contributed by atoms with Crippen molar-refractivity contribution in [2.75, 3.05) is 5.32 Å². The van der Waals surface area contributed by atoms with E-state index in [1.807, 2.05) is 24.3 Å². The van der Waals surface area contributed by atoms with E-state index in [1.165, 1.54) is 21.9 Å². The summed E-state index contributed by atoms with van der Waals surface area (Å²) in [4.78, 5) is 0. The molecule has 10 rings (SSSR count). The van der Waals surface area contributed by atoms with Gasteiger partial charge in [-0.25, -0.2) is 0 Å². The topological polar surface area (TPSA) is 38.3 Å². The number of benzene rings is 8. The van der Waals surface area contributed by atoms with E-state index in [2.05, 4.69) is 151 Å². The van der Waals surface area contributed by atoms with Crippen LogP contribution in [-0.2, 0) is 0 Å². The molecular formula is C46H29NO2. The Balaban J connectivity index is 1.06. The minimum Gasteiger partial charge on any atom is -0.456 e. The Morgan fingerprint density at radius 3 is 1.73 bits per heavy atom. The van der Waals surface area contributed by atoms with Crippen LogP contribution in [0, 0.1) is 0 Å². The van der Waals surface area contributed by atoms with E-state index in [0.717, 1.165) is 77.5 Å². The fourth-order valence-electron chi connectivity index (χ4n) is 7.45. The standard InChI is InChI=1S/C46H29NO2/c1-2-14-34-29(10-1)11-6-16-35(34)30-24-26-31(27-25-30)36-17-7-22-42-45(36)46-39(19-9-23-43(46)49-42)47-33-13-5-12-32(28-33)37-18-8-21-41-44(37)38-15-3-4-20-40(38)48-41/h1-28,47H. The molecule has 3 heteroatoms. The van der Waals surface area contributed by atoms with E-state index in [1.54, 1.807) is 0 Å². The van der Waals surface area contributed by atoms with E-state index >= 15 is 0 Å². The molecule has 0 spiro atoms. The molecule has 0 radical (unpaired) electrons. The van der Waals surface area contributed by atoms with Crippen molar-refractivity contribution in [2.45, 2.75) is 0 Å². The van der Waals surface area contributed by atoms with Gasteiger partial charge in [-0.3, -0.25) is 0 Å². The molecule has 0 aliphatic carbocycles. The van der Waals surface area contributed by atoms with Crippen LogP contribution in [0.25, 0.3) is 88.0 Å². The lowest BCUT2D eigenvalue weighted by Crippen LogP contribution is -1.92. The van der Waals surface area contributed by atoms with Gasteiger partial charge in [-0.1, -0.05) is 127 Å². The molecule has 0 saturated carbocycles. The Kier molecular flexibility index (Phi) is 6.18. The predicted octanol–water partition coefficient (Wildman–Crippen LogP) is 13.4. The molecule has 1 N–H and O–H groups in total. The lowest BCUT2D eigenvalue weighted by atomic mass is 9.94. The maximum atomic E-state index is 6.46. The third-order valence-corrected chi connectivity index (χ3v) is 9.67. The van der Waals surface area contributed by atoms with Gasteiger partial charge in [0.1, 0.15) is 22.3 Å². The van der Waals surface area contributed by atoms with Crippen molar-refractivity contribution >= 4 is 66.0 Å². The summed E-state index contributed by atoms with van der Waals surface area (Å²) < 4.78 is 12.6. The summed E-state index contributed by atoms with van der Waals surface area (Å²) in [6.45, 7) is 0. The number of hydrogen-bond acceptors (Lipinski definition) is 3. The molecule has 49 heavy (non-hydrogen) atoms. The highest BCUT2D eigenvalue weighted by Gasteiger charge is 2.17. The maximum absolute atomic E-state index is 6.46. The molecule has 10 aromatic rings. The third kappa shape index (κ3) is 4.51. The Morgan fingerprint density at radius 2 is 0.898 bits per heavy atom. The zero-order valence-electron chi connectivity index (χ0n) is 26.5. The van der Waals surface area contributed by atoms with Crippen LogP contribution in [0.2, 0.25) is 0 Å². The quantitative estimate of drug-likeness (QED) is 0.206. The van der Waals surface area contributed by atoms with Gasteiger partial charge in [0.2, 0.25) is 0 Å². The van der Waals surface area contributed by atoms with Gasteiger partial charge in [0.25, 0.3) is 0 Å². The SMILES string of the molecule is c1cc(Nc2cccc3oc4cccc(-c5ccc(-c6cccc7ccccc67)cc5)c4c23)cc(-c2cccc3oc4ccccc4c23)c1. The molecule has 0 aliphatic rings. The summed E-state index contributed by atoms with van der Waals surface area (Å²) in [6.07, 6.45) is 0. The number of nitrogens with one attached hydrogen (secondary N) is 1. The van der Waals surface area contributed by atoms with Gasteiger partial charge < -0.3 is 14.2 Å². The zero-order valence-corrected chi connectivity index (χ0v) is 26.5. The first-order valence-corrected chi connectivity index (χ1v) is 16.6. The lowest BCUT2D eigenvalue weighted by molar-refractivity contribution is 0.668. The lowest BCUT2D eigenvalue weighted by Gasteiger charge is -2.12. The van der Waals surface area contributed by atoms with Crippen LogP contribution in [0.15, 0.2) is 179 Å². The number of fused-ring (bicyclic) bond motifs is 7. The fraction of sp³-hybridized carbons (Fsp3) is 0. The molecule has 2 aromatic heterocycles. The first kappa shape index (κ1) is 27.5. The van der Waals surface area contributed by atoms with Crippen LogP contribution in [0.3, 0.4) is 0 Å². The second-order valence-electron chi connectivity index (χ2n) is 12.5. The first-order chi connectivity index (χ1) is 24.3. The number of hydrogen-bond donors (Lipinski definition) is 1. The van der Waals surface area contributed by atoms with E-state index in [4.69, 9.17) is 8.83 Å². The summed E-state index contributed by atoms with van der Waals surface area (Å²) in [5.74, 6) is 0. The third-order valence-electron chi connectivity index (χ3n) is 9.67. The number of anilines is 2. The zero-order chi connectivity index (χ0) is 32.3. The van der Waals surface area contributed by atoms with Gasteiger partial charge in [0, 0.05) is 21.8 Å². The van der Waals surface area contributed by atoms with Crippen LogP contribution in [-0.4, -0.2) is 0 Å². The van der Waals surface area contributed by atoms with Crippen LogP contribution in [0.4, 0.5) is 11.4 Å². The monoisotopic (exact) mass is 627 g/mol. The predicted molar refractivity (Wildman–Crippen MR) is 205 cm³/mol. The van der Waals surface area contributed by atoms with Gasteiger partial charge in [0.05, 0.1) is 11.1 Å². The normalized spacial score (nSPS) is 11.7. The second kappa shape index (κ2) is 11.0. The summed E-state index contributed by atoms with van der Waals surface area (Å²) >= 11 is 0. The summed E-state index contributed by atoms with van der Waals surface area (Å²) in [7, 11) is 0. The van der Waals surface area contributed by atoms with Crippen molar-refractivity contribution in [1.29, 1.82) is 0 Å². The molecule has 0 amide bonds. The van der Waals surface area contributed by atoms with E-state index in [0.29, 0.717) is 0 Å². The molecule has 8 aromatic carbocycles. The van der Waals surface area contributed by atoms with Crippen LogP contribution >= 0.6 is 0 Å². The molecule has 2 heterocycles. The summed E-state index contributed by atoms with van der Waals surface area (Å²) in [5.41, 5.74) is 12.5. The molecule has 0 fully saturated rings. The highest BCUT2D eigenvalue weighted by Crippen LogP contribution is 2.42. The van der Waals surface area contributed by atoms with Crippen LogP contribution in [0.5, 0.6) is 0 Å². The molecule has 0 unspecified atom stereocenters. The number of rotatable bonds is 5. The van der Waals surface area contributed by atoms with Crippen molar-refractivity contribution in [3.63, 3.8) is 0 Å². The van der Waals surface area contributed by atoms with Crippen LogP contribution in [0.1, 0.15) is 0 Å². The summed E-state index contributed by atoms with van der Waals surface area (Å²) in [5, 5.41) is 10.7. The van der Waals surface area contributed by atoms with E-state index < -0.39 is 0 Å². The molecule has 3 nitrogen and oxygen atoms in total. The second-order valence-corrected chi connectivity index (χ2v) is 12.5. The Labute approximate surface area is 282 Å². The molecule has 0 atom stereocenters. The maximum Gasteiger partial charge on any atom is 0.137 e. The Bertz CT molecular complexity index is 2850. The Hall–Kier alpha value is -6.58. The van der Waals surface area contributed by atoms with Crippen LogP contribution < -0.4 is 5.32 Å². The van der Waals surface area contributed by atoms with Gasteiger partial charge in [-0.2, -0.15) is 0 Å². The largest absolute Gasteiger partial charge is 0.456 e. The minimum atomic E-state index is 0.852. The first-order valence-electron chi connectivity index (χ1n) is 16.6. The van der Waals surface area contributed by atoms with E-state index in [9.17, 15) is 0 Å². The number of furan rings is 2. The smallest absolute Gasteiger partial charge is 0.137 e. The van der Waals surface area contributed by atoms with E-state index in [-0.39, 0.29) is 0 Å². The average molecular weight is 628 g/mol. The molecular weight excluding hydrogens is 599 g/mol. The Morgan fingerprint density at radius 1 is 0.347 bits per heavy atom. The van der Waals surface area contributed by atoms with Gasteiger partial charge in [0.15, 0.2) is 0 Å². The van der Waals surface area contributed by atoms with Gasteiger partial charge in [-0.15, -0.1) is 0 Å². The molecule has 0 bridgehead atoms. The highest BCUT2D eigenvalue weighted by molar-refractivity contribution is 6.18. The average Bonchev–Trinajstić information content (AvgIpc) is 3.74.